The van der Waals surface area contributed by atoms with Gasteiger partial charge in [0, 0.05) is 0 Å². The van der Waals surface area contributed by atoms with Crippen LogP contribution in [0.25, 0.3) is 0 Å². The normalized spacial score (nSPS) is 12.0. The van der Waals surface area contributed by atoms with E-state index in [1.54, 1.807) is 24.3 Å². The quantitative estimate of drug-likeness (QED) is 0.623. The van der Waals surface area contributed by atoms with Crippen molar-refractivity contribution in [2.24, 2.45) is 5.92 Å². The molecule has 1 unspecified atom stereocenters. The highest BCUT2D eigenvalue weighted by Crippen LogP contribution is 2.16. The molecule has 0 aliphatic heterocycles. The summed E-state index contributed by atoms with van der Waals surface area (Å²) in [6.07, 6.45) is 3.59. The van der Waals surface area contributed by atoms with Gasteiger partial charge in [0.15, 0.2) is 0 Å². The summed E-state index contributed by atoms with van der Waals surface area (Å²) in [4.78, 5) is 24.6. The summed E-state index contributed by atoms with van der Waals surface area (Å²) in [6, 6.07) is 6.66. The van der Waals surface area contributed by atoms with Crippen molar-refractivity contribution in [3.63, 3.8) is 0 Å². The first-order valence-corrected chi connectivity index (χ1v) is 8.46. The van der Waals surface area contributed by atoms with E-state index >= 15 is 0 Å². The highest BCUT2D eigenvalue weighted by atomic mass is 16.5. The number of unbranched alkanes of at least 4 members (excludes halogenated alkanes) is 1. The second-order valence-electron chi connectivity index (χ2n) is 6.12. The Morgan fingerprint density at radius 2 is 1.65 bits per heavy atom. The molecule has 0 aliphatic rings. The number of carbonyl (C=O) groups is 2. The lowest BCUT2D eigenvalue weighted by Gasteiger charge is -2.17. The summed E-state index contributed by atoms with van der Waals surface area (Å²) < 4.78 is 10.8. The first-order chi connectivity index (χ1) is 11.0. The van der Waals surface area contributed by atoms with Crippen molar-refractivity contribution >= 4 is 11.9 Å². The second-order valence-corrected chi connectivity index (χ2v) is 6.12. The fourth-order valence-electron chi connectivity index (χ4n) is 2.15. The Balaban J connectivity index is 2.82. The first kappa shape index (κ1) is 19.2. The van der Waals surface area contributed by atoms with Crippen LogP contribution in [0, 0.1) is 5.92 Å². The standard InChI is InChI=1S/C19H28O4/c1-5-7-10-15(6-2)23-19(21)17-12-9-8-11-16(17)18(20)22-13-14(3)4/h8-9,11-12,14-15H,5-7,10,13H2,1-4H3. The third kappa shape index (κ3) is 6.43. The van der Waals surface area contributed by atoms with Gasteiger partial charge in [-0.1, -0.05) is 52.7 Å². The van der Waals surface area contributed by atoms with Gasteiger partial charge in [-0.2, -0.15) is 0 Å². The molecule has 4 nitrogen and oxygen atoms in total. The van der Waals surface area contributed by atoms with E-state index in [-0.39, 0.29) is 23.1 Å². The molecule has 0 heterocycles. The minimum absolute atomic E-state index is 0.109. The van der Waals surface area contributed by atoms with Gasteiger partial charge >= 0.3 is 11.9 Å². The smallest absolute Gasteiger partial charge is 0.339 e. The van der Waals surface area contributed by atoms with Crippen LogP contribution in [0.5, 0.6) is 0 Å². The van der Waals surface area contributed by atoms with Crippen LogP contribution in [0.15, 0.2) is 24.3 Å². The zero-order valence-corrected chi connectivity index (χ0v) is 14.6. The molecule has 1 aromatic rings. The van der Waals surface area contributed by atoms with Crippen LogP contribution in [0.1, 0.15) is 74.1 Å². The van der Waals surface area contributed by atoms with E-state index < -0.39 is 11.9 Å². The van der Waals surface area contributed by atoms with Crippen molar-refractivity contribution in [3.8, 4) is 0 Å². The van der Waals surface area contributed by atoms with Crippen LogP contribution in [0.2, 0.25) is 0 Å². The highest BCUT2D eigenvalue weighted by Gasteiger charge is 2.21. The Hall–Kier alpha value is -1.84. The Bertz CT molecular complexity index is 508. The van der Waals surface area contributed by atoms with E-state index in [0.29, 0.717) is 6.61 Å². The predicted octanol–water partition coefficient (Wildman–Crippen LogP) is 4.63. The van der Waals surface area contributed by atoms with Gasteiger partial charge in [-0.15, -0.1) is 0 Å². The number of hydrogen-bond donors (Lipinski definition) is 0. The fourth-order valence-corrected chi connectivity index (χ4v) is 2.15. The zero-order valence-electron chi connectivity index (χ0n) is 14.6. The molecule has 0 fully saturated rings. The monoisotopic (exact) mass is 320 g/mol. The van der Waals surface area contributed by atoms with Crippen molar-refractivity contribution in [1.29, 1.82) is 0 Å². The van der Waals surface area contributed by atoms with Crippen LogP contribution < -0.4 is 0 Å². The lowest BCUT2D eigenvalue weighted by atomic mass is 10.1. The van der Waals surface area contributed by atoms with Crippen molar-refractivity contribution in [2.75, 3.05) is 6.61 Å². The number of ether oxygens (including phenoxy) is 2. The third-order valence-corrected chi connectivity index (χ3v) is 3.52. The molecule has 0 saturated carbocycles. The Labute approximate surface area is 139 Å². The van der Waals surface area contributed by atoms with Crippen LogP contribution >= 0.6 is 0 Å². The topological polar surface area (TPSA) is 52.6 Å². The second kappa shape index (κ2) is 10.0. The Morgan fingerprint density at radius 1 is 1.04 bits per heavy atom. The fraction of sp³-hybridized carbons (Fsp3) is 0.579. The summed E-state index contributed by atoms with van der Waals surface area (Å²) in [7, 11) is 0. The maximum Gasteiger partial charge on any atom is 0.339 e. The van der Waals surface area contributed by atoms with Crippen molar-refractivity contribution in [1.82, 2.24) is 0 Å². The average Bonchev–Trinajstić information content (AvgIpc) is 2.56. The van der Waals surface area contributed by atoms with Gasteiger partial charge in [-0.05, 0) is 30.9 Å². The number of rotatable bonds is 9. The predicted molar refractivity (Wildman–Crippen MR) is 90.6 cm³/mol. The van der Waals surface area contributed by atoms with Gasteiger partial charge in [-0.25, -0.2) is 9.59 Å². The van der Waals surface area contributed by atoms with Crippen LogP contribution in [0.3, 0.4) is 0 Å². The molecule has 128 valence electrons. The number of hydrogen-bond acceptors (Lipinski definition) is 4. The molecule has 1 rings (SSSR count). The van der Waals surface area contributed by atoms with Crippen molar-refractivity contribution in [3.05, 3.63) is 35.4 Å². The van der Waals surface area contributed by atoms with E-state index in [1.807, 2.05) is 20.8 Å². The van der Waals surface area contributed by atoms with Crippen LogP contribution in [-0.4, -0.2) is 24.6 Å². The largest absolute Gasteiger partial charge is 0.462 e. The number of benzene rings is 1. The molecular weight excluding hydrogens is 292 g/mol. The number of carbonyl (C=O) groups excluding carboxylic acids is 2. The average molecular weight is 320 g/mol. The SMILES string of the molecule is CCCCC(CC)OC(=O)c1ccccc1C(=O)OCC(C)C. The molecule has 0 radical (unpaired) electrons. The summed E-state index contributed by atoms with van der Waals surface area (Å²) in [5.74, 6) is -0.686. The molecule has 1 atom stereocenters. The van der Waals surface area contributed by atoms with Crippen LogP contribution in [-0.2, 0) is 9.47 Å². The molecule has 23 heavy (non-hydrogen) atoms. The van der Waals surface area contributed by atoms with Gasteiger partial charge in [0.2, 0.25) is 0 Å². The molecule has 0 aromatic heterocycles. The molecule has 4 heteroatoms. The lowest BCUT2D eigenvalue weighted by Crippen LogP contribution is -2.20. The molecule has 0 amide bonds. The van der Waals surface area contributed by atoms with Crippen LogP contribution in [0.4, 0.5) is 0 Å². The molecule has 0 spiro atoms. The summed E-state index contributed by atoms with van der Waals surface area (Å²) in [5.41, 5.74) is 0.541. The maximum atomic E-state index is 12.4. The third-order valence-electron chi connectivity index (χ3n) is 3.52. The minimum Gasteiger partial charge on any atom is -0.462 e. The summed E-state index contributed by atoms with van der Waals surface area (Å²) in [5, 5.41) is 0. The lowest BCUT2D eigenvalue weighted by molar-refractivity contribution is 0.0257. The van der Waals surface area contributed by atoms with Gasteiger partial charge in [0.05, 0.1) is 17.7 Å². The van der Waals surface area contributed by atoms with Gasteiger partial charge in [0.25, 0.3) is 0 Å². The molecule has 0 aliphatic carbocycles. The van der Waals surface area contributed by atoms with E-state index in [2.05, 4.69) is 6.92 Å². The molecule has 0 saturated heterocycles. The zero-order chi connectivity index (χ0) is 17.2. The highest BCUT2D eigenvalue weighted by molar-refractivity contribution is 6.03. The number of esters is 2. The minimum atomic E-state index is -0.479. The molecule has 0 bridgehead atoms. The van der Waals surface area contributed by atoms with E-state index in [9.17, 15) is 9.59 Å². The van der Waals surface area contributed by atoms with Crippen molar-refractivity contribution < 1.29 is 19.1 Å². The van der Waals surface area contributed by atoms with Gasteiger partial charge in [0.1, 0.15) is 6.10 Å². The molecular formula is C19H28O4. The van der Waals surface area contributed by atoms with Gasteiger partial charge < -0.3 is 9.47 Å². The summed E-state index contributed by atoms with van der Waals surface area (Å²) >= 11 is 0. The van der Waals surface area contributed by atoms with Gasteiger partial charge in [-0.3, -0.25) is 0 Å². The van der Waals surface area contributed by atoms with E-state index in [1.165, 1.54) is 0 Å². The molecule has 0 N–H and O–H groups in total. The Morgan fingerprint density at radius 3 is 2.17 bits per heavy atom. The maximum absolute atomic E-state index is 12.4. The van der Waals surface area contributed by atoms with E-state index in [0.717, 1.165) is 25.7 Å². The van der Waals surface area contributed by atoms with E-state index in [4.69, 9.17) is 9.47 Å². The first-order valence-electron chi connectivity index (χ1n) is 8.46. The summed E-state index contributed by atoms with van der Waals surface area (Å²) in [6.45, 7) is 8.36. The van der Waals surface area contributed by atoms with Crippen molar-refractivity contribution in [2.45, 2.75) is 59.5 Å². The molecule has 1 aromatic carbocycles. The Kier molecular flexibility index (Phi) is 8.38.